The van der Waals surface area contributed by atoms with Crippen LogP contribution in [0.4, 0.5) is 0 Å². The standard InChI is InChI=1S/C10H14BrClN2O2S/c1-13-5-2-6-14-17(15,16)10-7-8(11)3-4-9(10)12/h3-4,7,13-14H,2,5-6H2,1H3. The first-order valence-electron chi connectivity index (χ1n) is 5.06. The predicted molar refractivity (Wildman–Crippen MR) is 72.9 cm³/mol. The van der Waals surface area contributed by atoms with Crippen molar-refractivity contribution in [2.24, 2.45) is 0 Å². The van der Waals surface area contributed by atoms with Crippen molar-refractivity contribution in [3.63, 3.8) is 0 Å². The number of rotatable bonds is 6. The molecule has 4 nitrogen and oxygen atoms in total. The van der Waals surface area contributed by atoms with Crippen molar-refractivity contribution >= 4 is 37.6 Å². The first-order chi connectivity index (χ1) is 7.97. The maximum absolute atomic E-state index is 11.9. The molecule has 0 saturated carbocycles. The topological polar surface area (TPSA) is 58.2 Å². The minimum atomic E-state index is -3.53. The maximum Gasteiger partial charge on any atom is 0.242 e. The second kappa shape index (κ2) is 6.70. The molecule has 0 atom stereocenters. The summed E-state index contributed by atoms with van der Waals surface area (Å²) in [5.41, 5.74) is 0. The molecule has 0 saturated heterocycles. The third-order valence-corrected chi connectivity index (χ3v) is 4.51. The van der Waals surface area contributed by atoms with E-state index in [0.29, 0.717) is 11.0 Å². The summed E-state index contributed by atoms with van der Waals surface area (Å²) >= 11 is 9.09. The zero-order valence-corrected chi connectivity index (χ0v) is 12.5. The van der Waals surface area contributed by atoms with Gasteiger partial charge in [-0.05, 0) is 38.2 Å². The van der Waals surface area contributed by atoms with Gasteiger partial charge >= 0.3 is 0 Å². The molecular weight excluding hydrogens is 328 g/mol. The summed E-state index contributed by atoms with van der Waals surface area (Å²) in [5, 5.41) is 3.16. The van der Waals surface area contributed by atoms with Crippen molar-refractivity contribution in [1.29, 1.82) is 0 Å². The molecule has 96 valence electrons. The average Bonchev–Trinajstić information content (AvgIpc) is 2.28. The lowest BCUT2D eigenvalue weighted by atomic mass is 10.4. The lowest BCUT2D eigenvalue weighted by Gasteiger charge is -2.08. The fraction of sp³-hybridized carbons (Fsp3) is 0.400. The van der Waals surface area contributed by atoms with Crippen LogP contribution in [0.1, 0.15) is 6.42 Å². The van der Waals surface area contributed by atoms with Gasteiger partial charge in [0.15, 0.2) is 0 Å². The molecule has 0 radical (unpaired) electrons. The first kappa shape index (κ1) is 14.9. The van der Waals surface area contributed by atoms with Gasteiger partial charge in [-0.1, -0.05) is 27.5 Å². The molecule has 0 bridgehead atoms. The van der Waals surface area contributed by atoms with Gasteiger partial charge in [-0.25, -0.2) is 13.1 Å². The van der Waals surface area contributed by atoms with Gasteiger partial charge in [0.25, 0.3) is 0 Å². The lowest BCUT2D eigenvalue weighted by Crippen LogP contribution is -2.27. The van der Waals surface area contributed by atoms with E-state index in [9.17, 15) is 8.42 Å². The highest BCUT2D eigenvalue weighted by Crippen LogP contribution is 2.24. The molecule has 0 amide bonds. The molecule has 2 N–H and O–H groups in total. The highest BCUT2D eigenvalue weighted by molar-refractivity contribution is 9.10. The summed E-state index contributed by atoms with van der Waals surface area (Å²) in [6.07, 6.45) is 0.724. The van der Waals surface area contributed by atoms with Crippen LogP contribution in [-0.2, 0) is 10.0 Å². The summed E-state index contributed by atoms with van der Waals surface area (Å²) in [6, 6.07) is 4.74. The first-order valence-corrected chi connectivity index (χ1v) is 7.72. The zero-order valence-electron chi connectivity index (χ0n) is 9.33. The number of halogens is 2. The van der Waals surface area contributed by atoms with Crippen molar-refractivity contribution in [2.75, 3.05) is 20.1 Å². The Morgan fingerprint density at radius 1 is 1.35 bits per heavy atom. The van der Waals surface area contributed by atoms with E-state index in [1.165, 1.54) is 6.07 Å². The highest BCUT2D eigenvalue weighted by atomic mass is 79.9. The van der Waals surface area contributed by atoms with E-state index >= 15 is 0 Å². The smallest absolute Gasteiger partial charge is 0.242 e. The van der Waals surface area contributed by atoms with Crippen LogP contribution in [-0.4, -0.2) is 28.6 Å². The largest absolute Gasteiger partial charge is 0.320 e. The number of hydrogen-bond donors (Lipinski definition) is 2. The van der Waals surface area contributed by atoms with Crippen LogP contribution >= 0.6 is 27.5 Å². The van der Waals surface area contributed by atoms with Crippen LogP contribution in [0.15, 0.2) is 27.6 Å². The van der Waals surface area contributed by atoms with Gasteiger partial charge in [-0.15, -0.1) is 0 Å². The molecule has 0 aliphatic carbocycles. The van der Waals surface area contributed by atoms with Gasteiger partial charge in [0.05, 0.1) is 5.02 Å². The monoisotopic (exact) mass is 340 g/mol. The van der Waals surface area contributed by atoms with Crippen LogP contribution < -0.4 is 10.0 Å². The molecule has 0 spiro atoms. The van der Waals surface area contributed by atoms with E-state index in [1.807, 2.05) is 7.05 Å². The second-order valence-corrected chi connectivity index (χ2v) is 6.49. The molecule has 17 heavy (non-hydrogen) atoms. The fourth-order valence-corrected chi connectivity index (χ4v) is 3.34. The van der Waals surface area contributed by atoms with Crippen LogP contribution in [0.2, 0.25) is 5.02 Å². The van der Waals surface area contributed by atoms with Gasteiger partial charge in [0, 0.05) is 11.0 Å². The molecule has 1 aromatic rings. The number of sulfonamides is 1. The lowest BCUT2D eigenvalue weighted by molar-refractivity contribution is 0.577. The summed E-state index contributed by atoms with van der Waals surface area (Å²) in [6.45, 7) is 1.14. The minimum Gasteiger partial charge on any atom is -0.320 e. The number of hydrogen-bond acceptors (Lipinski definition) is 3. The van der Waals surface area contributed by atoms with Gasteiger partial charge in [-0.2, -0.15) is 0 Å². The van der Waals surface area contributed by atoms with Crippen LogP contribution in [0.25, 0.3) is 0 Å². The SMILES string of the molecule is CNCCCNS(=O)(=O)c1cc(Br)ccc1Cl. The van der Waals surface area contributed by atoms with Gasteiger partial charge in [0.2, 0.25) is 10.0 Å². The summed E-state index contributed by atoms with van der Waals surface area (Å²) < 4.78 is 27.0. The molecule has 1 aromatic carbocycles. The summed E-state index contributed by atoms with van der Waals surface area (Å²) in [4.78, 5) is 0.0954. The Hall–Kier alpha value is -0.140. The Labute approximate surface area is 115 Å². The predicted octanol–water partition coefficient (Wildman–Crippen LogP) is 1.99. The summed E-state index contributed by atoms with van der Waals surface area (Å²) in [7, 11) is -1.71. The fourth-order valence-electron chi connectivity index (χ4n) is 1.23. The van der Waals surface area contributed by atoms with Crippen molar-refractivity contribution in [2.45, 2.75) is 11.3 Å². The molecule has 0 fully saturated rings. The molecular formula is C10H14BrClN2O2S. The van der Waals surface area contributed by atoms with Crippen molar-refractivity contribution in [3.8, 4) is 0 Å². The van der Waals surface area contributed by atoms with E-state index in [1.54, 1.807) is 12.1 Å². The second-order valence-electron chi connectivity index (χ2n) is 3.43. The van der Waals surface area contributed by atoms with Gasteiger partial charge in [0.1, 0.15) is 4.90 Å². The Bertz CT molecular complexity index is 479. The van der Waals surface area contributed by atoms with E-state index < -0.39 is 10.0 Å². The average molecular weight is 342 g/mol. The molecule has 0 aliphatic heterocycles. The van der Waals surface area contributed by atoms with E-state index in [4.69, 9.17) is 11.6 Å². The molecule has 0 unspecified atom stereocenters. The van der Waals surface area contributed by atoms with Crippen LogP contribution in [0, 0.1) is 0 Å². The Morgan fingerprint density at radius 2 is 2.06 bits per heavy atom. The van der Waals surface area contributed by atoms with Crippen molar-refractivity contribution < 1.29 is 8.42 Å². The molecule has 0 aliphatic rings. The van der Waals surface area contributed by atoms with E-state index in [-0.39, 0.29) is 9.92 Å². The molecule has 1 rings (SSSR count). The number of benzene rings is 1. The minimum absolute atomic E-state index is 0.0954. The van der Waals surface area contributed by atoms with E-state index in [2.05, 4.69) is 26.0 Å². The van der Waals surface area contributed by atoms with Crippen LogP contribution in [0.3, 0.4) is 0 Å². The molecule has 0 heterocycles. The Morgan fingerprint density at radius 3 is 2.71 bits per heavy atom. The molecule has 0 aromatic heterocycles. The summed E-state index contributed by atoms with van der Waals surface area (Å²) in [5.74, 6) is 0. The number of nitrogens with one attached hydrogen (secondary N) is 2. The highest BCUT2D eigenvalue weighted by Gasteiger charge is 2.17. The Balaban J connectivity index is 2.79. The van der Waals surface area contributed by atoms with Crippen molar-refractivity contribution in [1.82, 2.24) is 10.0 Å². The normalized spacial score (nSPS) is 11.7. The van der Waals surface area contributed by atoms with Gasteiger partial charge in [-0.3, -0.25) is 0 Å². The molecule has 7 heteroatoms. The maximum atomic E-state index is 11.9. The van der Waals surface area contributed by atoms with Crippen molar-refractivity contribution in [3.05, 3.63) is 27.7 Å². The quantitative estimate of drug-likeness (QED) is 0.778. The van der Waals surface area contributed by atoms with Crippen LogP contribution in [0.5, 0.6) is 0 Å². The third-order valence-electron chi connectivity index (χ3n) is 2.08. The van der Waals surface area contributed by atoms with E-state index in [0.717, 1.165) is 13.0 Å². The third kappa shape index (κ3) is 4.56. The zero-order chi connectivity index (χ0) is 12.9. The Kier molecular flexibility index (Phi) is 5.88. The van der Waals surface area contributed by atoms with Gasteiger partial charge < -0.3 is 5.32 Å².